The average molecular weight is 262 g/mol. The molecule has 0 amide bonds. The van der Waals surface area contributed by atoms with E-state index in [0.717, 1.165) is 17.7 Å². The molecule has 1 fully saturated rings. The van der Waals surface area contributed by atoms with Gasteiger partial charge in [0, 0.05) is 23.8 Å². The Balaban J connectivity index is 2.17. The minimum absolute atomic E-state index is 0.326. The molecule has 1 saturated heterocycles. The third-order valence-electron chi connectivity index (χ3n) is 4.27. The first-order valence-electron chi connectivity index (χ1n) is 6.94. The molecule has 2 heterocycles. The lowest BCUT2D eigenvalue weighted by molar-refractivity contribution is 0.00578. The summed E-state index contributed by atoms with van der Waals surface area (Å²) in [6.07, 6.45) is 4.67. The Morgan fingerprint density at radius 3 is 2.00 bits per heavy atom. The first-order valence-corrected chi connectivity index (χ1v) is 6.94. The fraction of sp³-hybridized carbons (Fsp3) is 0.714. The summed E-state index contributed by atoms with van der Waals surface area (Å²) in [6.45, 7) is 12.4. The molecule has 4 nitrogen and oxygen atoms in total. The monoisotopic (exact) mass is 262 g/mol. The molecule has 0 aliphatic carbocycles. The molecule has 1 aliphatic rings. The second-order valence-corrected chi connectivity index (χ2v) is 6.27. The molecule has 1 aliphatic heterocycles. The van der Waals surface area contributed by atoms with Crippen LogP contribution in [-0.2, 0) is 9.31 Å². The van der Waals surface area contributed by atoms with Crippen LogP contribution < -0.4 is 5.46 Å². The number of aromatic nitrogens is 2. The van der Waals surface area contributed by atoms with Crippen molar-refractivity contribution < 1.29 is 9.31 Å². The second-order valence-electron chi connectivity index (χ2n) is 6.27. The second kappa shape index (κ2) is 4.87. The zero-order chi connectivity index (χ0) is 14.3. The van der Waals surface area contributed by atoms with Gasteiger partial charge in [-0.3, -0.25) is 0 Å². The molecule has 0 saturated carbocycles. The average Bonchev–Trinajstić information content (AvgIpc) is 2.58. The standard InChI is InChI=1S/C14H23BN2O2/c1-7-10(2)12-16-8-11(9-17-12)15-18-13(3,4)14(5,6)19-15/h8-10H,7H2,1-6H3. The quantitative estimate of drug-likeness (QED) is 0.784. The molecule has 1 aromatic rings. The Bertz CT molecular complexity index is 429. The Hall–Kier alpha value is -0.935. The van der Waals surface area contributed by atoms with Gasteiger partial charge < -0.3 is 9.31 Å². The Kier molecular flexibility index (Phi) is 3.71. The molecule has 1 aromatic heterocycles. The third kappa shape index (κ3) is 2.67. The number of hydrogen-bond acceptors (Lipinski definition) is 4. The molecule has 1 atom stereocenters. The smallest absolute Gasteiger partial charge is 0.399 e. The summed E-state index contributed by atoms with van der Waals surface area (Å²) in [6, 6.07) is 0. The molecule has 0 bridgehead atoms. The minimum Gasteiger partial charge on any atom is -0.399 e. The van der Waals surface area contributed by atoms with Gasteiger partial charge in [-0.05, 0) is 34.1 Å². The van der Waals surface area contributed by atoms with Gasteiger partial charge in [-0.1, -0.05) is 13.8 Å². The summed E-state index contributed by atoms with van der Waals surface area (Å²) in [5.74, 6) is 1.26. The normalized spacial score (nSPS) is 22.5. The lowest BCUT2D eigenvalue weighted by Gasteiger charge is -2.32. The number of rotatable bonds is 3. The van der Waals surface area contributed by atoms with Gasteiger partial charge >= 0.3 is 7.12 Å². The van der Waals surface area contributed by atoms with Gasteiger partial charge in [-0.25, -0.2) is 9.97 Å². The molecule has 104 valence electrons. The van der Waals surface area contributed by atoms with Crippen LogP contribution in [0.4, 0.5) is 0 Å². The predicted octanol–water partition coefficient (Wildman–Crippen LogP) is 2.29. The van der Waals surface area contributed by atoms with Gasteiger partial charge in [0.2, 0.25) is 0 Å². The van der Waals surface area contributed by atoms with Crippen molar-refractivity contribution in [3.63, 3.8) is 0 Å². The van der Waals surface area contributed by atoms with Crippen LogP contribution >= 0.6 is 0 Å². The van der Waals surface area contributed by atoms with Gasteiger partial charge in [0.25, 0.3) is 0 Å². The summed E-state index contributed by atoms with van der Waals surface area (Å²) in [4.78, 5) is 8.84. The van der Waals surface area contributed by atoms with Crippen LogP contribution in [0.15, 0.2) is 12.4 Å². The van der Waals surface area contributed by atoms with Crippen LogP contribution in [0.2, 0.25) is 0 Å². The topological polar surface area (TPSA) is 44.2 Å². The maximum Gasteiger partial charge on any atom is 0.498 e. The molecule has 0 aromatic carbocycles. The van der Waals surface area contributed by atoms with Crippen molar-refractivity contribution in [3.8, 4) is 0 Å². The van der Waals surface area contributed by atoms with Crippen LogP contribution in [0, 0.1) is 0 Å². The van der Waals surface area contributed by atoms with E-state index < -0.39 is 0 Å². The van der Waals surface area contributed by atoms with E-state index in [1.54, 1.807) is 0 Å². The molecule has 5 heteroatoms. The Morgan fingerprint density at radius 1 is 1.11 bits per heavy atom. The first kappa shape index (κ1) is 14.5. The fourth-order valence-electron chi connectivity index (χ4n) is 1.89. The van der Waals surface area contributed by atoms with Crippen LogP contribution in [0.5, 0.6) is 0 Å². The molecule has 0 spiro atoms. The highest BCUT2D eigenvalue weighted by molar-refractivity contribution is 6.61. The van der Waals surface area contributed by atoms with E-state index in [2.05, 4.69) is 23.8 Å². The van der Waals surface area contributed by atoms with Crippen molar-refractivity contribution in [2.75, 3.05) is 0 Å². The van der Waals surface area contributed by atoms with Gasteiger partial charge in [0.1, 0.15) is 5.82 Å². The highest BCUT2D eigenvalue weighted by atomic mass is 16.7. The van der Waals surface area contributed by atoms with E-state index in [-0.39, 0.29) is 18.3 Å². The Morgan fingerprint density at radius 2 is 1.58 bits per heavy atom. The molecule has 19 heavy (non-hydrogen) atoms. The molecular formula is C14H23BN2O2. The maximum atomic E-state index is 5.97. The van der Waals surface area contributed by atoms with Crippen LogP contribution in [0.25, 0.3) is 0 Å². The van der Waals surface area contributed by atoms with Crippen LogP contribution in [-0.4, -0.2) is 28.3 Å². The summed E-state index contributed by atoms with van der Waals surface area (Å²) in [5, 5.41) is 0. The van der Waals surface area contributed by atoms with Gasteiger partial charge in [0.15, 0.2) is 0 Å². The fourth-order valence-corrected chi connectivity index (χ4v) is 1.89. The van der Waals surface area contributed by atoms with Crippen molar-refractivity contribution in [2.24, 2.45) is 0 Å². The molecule has 0 radical (unpaired) electrons. The maximum absolute atomic E-state index is 5.97. The summed E-state index contributed by atoms with van der Waals surface area (Å²) in [7, 11) is -0.379. The Labute approximate surface area is 116 Å². The van der Waals surface area contributed by atoms with Gasteiger partial charge in [-0.15, -0.1) is 0 Å². The molecule has 2 rings (SSSR count). The number of hydrogen-bond donors (Lipinski definition) is 0. The van der Waals surface area contributed by atoms with Crippen molar-refractivity contribution in [2.45, 2.75) is 65.1 Å². The SMILES string of the molecule is CCC(C)c1ncc(B2OC(C)(C)C(C)(C)O2)cn1. The lowest BCUT2D eigenvalue weighted by atomic mass is 9.81. The predicted molar refractivity (Wildman–Crippen MR) is 76.5 cm³/mol. The molecule has 1 unspecified atom stereocenters. The summed E-state index contributed by atoms with van der Waals surface area (Å²) < 4.78 is 11.9. The van der Waals surface area contributed by atoms with Crippen molar-refractivity contribution in [3.05, 3.63) is 18.2 Å². The molecule has 0 N–H and O–H groups in total. The lowest BCUT2D eigenvalue weighted by Crippen LogP contribution is -2.41. The third-order valence-corrected chi connectivity index (χ3v) is 4.27. The number of nitrogens with zero attached hydrogens (tertiary/aromatic N) is 2. The molecular weight excluding hydrogens is 239 g/mol. The zero-order valence-electron chi connectivity index (χ0n) is 12.7. The van der Waals surface area contributed by atoms with Gasteiger partial charge in [0.05, 0.1) is 11.2 Å². The van der Waals surface area contributed by atoms with E-state index >= 15 is 0 Å². The van der Waals surface area contributed by atoms with Crippen molar-refractivity contribution in [1.29, 1.82) is 0 Å². The van der Waals surface area contributed by atoms with E-state index in [1.807, 2.05) is 40.1 Å². The van der Waals surface area contributed by atoms with Crippen molar-refractivity contribution >= 4 is 12.6 Å². The van der Waals surface area contributed by atoms with E-state index in [1.165, 1.54) is 0 Å². The highest BCUT2D eigenvalue weighted by Gasteiger charge is 2.51. The zero-order valence-corrected chi connectivity index (χ0v) is 12.7. The van der Waals surface area contributed by atoms with E-state index in [0.29, 0.717) is 5.92 Å². The van der Waals surface area contributed by atoms with E-state index in [4.69, 9.17) is 9.31 Å². The van der Waals surface area contributed by atoms with E-state index in [9.17, 15) is 0 Å². The minimum atomic E-state index is -0.379. The first-order chi connectivity index (χ1) is 8.77. The van der Waals surface area contributed by atoms with Crippen molar-refractivity contribution in [1.82, 2.24) is 9.97 Å². The summed E-state index contributed by atoms with van der Waals surface area (Å²) >= 11 is 0. The summed E-state index contributed by atoms with van der Waals surface area (Å²) in [5.41, 5.74) is 0.228. The highest BCUT2D eigenvalue weighted by Crippen LogP contribution is 2.36. The largest absolute Gasteiger partial charge is 0.498 e. The van der Waals surface area contributed by atoms with Crippen LogP contribution in [0.3, 0.4) is 0 Å². The van der Waals surface area contributed by atoms with Crippen LogP contribution in [0.1, 0.15) is 59.7 Å². The van der Waals surface area contributed by atoms with Gasteiger partial charge in [-0.2, -0.15) is 0 Å².